The third-order valence-electron chi connectivity index (χ3n) is 2.45. The normalized spacial score (nSPS) is 21.8. The van der Waals surface area contributed by atoms with Crippen LogP contribution in [0.3, 0.4) is 0 Å². The van der Waals surface area contributed by atoms with Crippen LogP contribution in [0.15, 0.2) is 0 Å². The smallest absolute Gasteiger partial charge is 0.303 e. The van der Waals surface area contributed by atoms with Crippen LogP contribution in [0.2, 0.25) is 0 Å². The maximum atomic E-state index is 11.5. The van der Waals surface area contributed by atoms with E-state index in [1.165, 1.54) is 0 Å². The Bertz CT molecular complexity index is 242. The number of nitrogens with zero attached hydrogens (tertiary/aromatic N) is 1. The first-order valence-corrected chi connectivity index (χ1v) is 5.24. The minimum atomic E-state index is -0.829. The minimum Gasteiger partial charge on any atom is -0.481 e. The van der Waals surface area contributed by atoms with Crippen LogP contribution in [0.25, 0.3) is 0 Å². The lowest BCUT2D eigenvalue weighted by Gasteiger charge is -2.35. The third-order valence-corrected chi connectivity index (χ3v) is 2.45. The van der Waals surface area contributed by atoms with Crippen molar-refractivity contribution in [3.63, 3.8) is 0 Å². The first-order chi connectivity index (χ1) is 7.15. The highest BCUT2D eigenvalue weighted by Crippen LogP contribution is 2.13. The first-order valence-electron chi connectivity index (χ1n) is 5.24. The molecule has 1 unspecified atom stereocenters. The molecule has 0 radical (unpaired) electrons. The zero-order valence-corrected chi connectivity index (χ0v) is 8.94. The largest absolute Gasteiger partial charge is 0.481 e. The van der Waals surface area contributed by atoms with Gasteiger partial charge in [0.25, 0.3) is 0 Å². The molecule has 1 heterocycles. The van der Waals surface area contributed by atoms with Crippen LogP contribution >= 0.6 is 0 Å². The summed E-state index contributed by atoms with van der Waals surface area (Å²) in [5.41, 5.74) is 0. The number of carbonyl (C=O) groups excluding carboxylic acids is 1. The van der Waals surface area contributed by atoms with Gasteiger partial charge in [0.1, 0.15) is 6.61 Å². The van der Waals surface area contributed by atoms with Crippen molar-refractivity contribution in [1.82, 2.24) is 4.90 Å². The van der Waals surface area contributed by atoms with E-state index in [4.69, 9.17) is 9.84 Å². The van der Waals surface area contributed by atoms with Gasteiger partial charge in [-0.1, -0.05) is 6.92 Å². The lowest BCUT2D eigenvalue weighted by atomic mass is 10.1. The van der Waals surface area contributed by atoms with E-state index >= 15 is 0 Å². The average molecular weight is 215 g/mol. The SMILES string of the molecule is CCCN1C(=O)COCC1CCC(=O)O. The van der Waals surface area contributed by atoms with E-state index in [1.807, 2.05) is 6.92 Å². The fraction of sp³-hybridized carbons (Fsp3) is 0.800. The van der Waals surface area contributed by atoms with Crippen LogP contribution in [0.4, 0.5) is 0 Å². The fourth-order valence-electron chi connectivity index (χ4n) is 1.74. The number of ether oxygens (including phenoxy) is 1. The quantitative estimate of drug-likeness (QED) is 0.724. The van der Waals surface area contributed by atoms with Crippen molar-refractivity contribution in [2.24, 2.45) is 0 Å². The highest BCUT2D eigenvalue weighted by Gasteiger charge is 2.27. The maximum absolute atomic E-state index is 11.5. The summed E-state index contributed by atoms with van der Waals surface area (Å²) < 4.78 is 5.12. The fourth-order valence-corrected chi connectivity index (χ4v) is 1.74. The second-order valence-corrected chi connectivity index (χ2v) is 3.69. The molecule has 1 aliphatic rings. The predicted octanol–water partition coefficient (Wildman–Crippen LogP) is 0.489. The number of carboxylic acid groups (broad SMARTS) is 1. The second kappa shape index (κ2) is 5.70. The molecule has 5 heteroatoms. The molecule has 0 saturated carbocycles. The Kier molecular flexibility index (Phi) is 4.55. The average Bonchev–Trinajstić information content (AvgIpc) is 2.19. The van der Waals surface area contributed by atoms with Crippen LogP contribution in [0, 0.1) is 0 Å². The van der Waals surface area contributed by atoms with Crippen LogP contribution in [-0.2, 0) is 14.3 Å². The third kappa shape index (κ3) is 3.51. The molecule has 1 saturated heterocycles. The van der Waals surface area contributed by atoms with E-state index in [1.54, 1.807) is 4.90 Å². The van der Waals surface area contributed by atoms with Crippen LogP contribution < -0.4 is 0 Å². The van der Waals surface area contributed by atoms with Gasteiger partial charge in [-0.2, -0.15) is 0 Å². The van der Waals surface area contributed by atoms with Gasteiger partial charge >= 0.3 is 5.97 Å². The molecule has 0 bridgehead atoms. The van der Waals surface area contributed by atoms with E-state index in [-0.39, 0.29) is 25.0 Å². The van der Waals surface area contributed by atoms with Gasteiger partial charge in [-0.3, -0.25) is 9.59 Å². The Morgan fingerprint density at radius 3 is 3.00 bits per heavy atom. The number of rotatable bonds is 5. The van der Waals surface area contributed by atoms with Gasteiger partial charge in [-0.05, 0) is 12.8 Å². The topological polar surface area (TPSA) is 66.8 Å². The molecular formula is C10H17NO4. The highest BCUT2D eigenvalue weighted by atomic mass is 16.5. The molecular weight excluding hydrogens is 198 g/mol. The molecule has 1 rings (SSSR count). The Balaban J connectivity index is 2.50. The molecule has 1 N–H and O–H groups in total. The molecule has 0 aliphatic carbocycles. The summed E-state index contributed by atoms with van der Waals surface area (Å²) in [6.45, 7) is 3.27. The molecule has 1 fully saturated rings. The monoisotopic (exact) mass is 215 g/mol. The van der Waals surface area contributed by atoms with Crippen molar-refractivity contribution in [3.8, 4) is 0 Å². The minimum absolute atomic E-state index is 0.0292. The molecule has 0 aromatic rings. The van der Waals surface area contributed by atoms with Crippen LogP contribution in [-0.4, -0.2) is 47.7 Å². The summed E-state index contributed by atoms with van der Waals surface area (Å²) in [6, 6.07) is -0.0673. The van der Waals surface area contributed by atoms with Crippen LogP contribution in [0.5, 0.6) is 0 Å². The van der Waals surface area contributed by atoms with Gasteiger partial charge in [0.05, 0.1) is 12.6 Å². The number of hydrogen-bond acceptors (Lipinski definition) is 3. The Labute approximate surface area is 89.0 Å². The van der Waals surface area contributed by atoms with E-state index < -0.39 is 5.97 Å². The Morgan fingerprint density at radius 1 is 1.67 bits per heavy atom. The van der Waals surface area contributed by atoms with Gasteiger partial charge < -0.3 is 14.7 Å². The van der Waals surface area contributed by atoms with E-state index in [9.17, 15) is 9.59 Å². The molecule has 1 atom stereocenters. The van der Waals surface area contributed by atoms with Gasteiger partial charge in [0.2, 0.25) is 5.91 Å². The molecule has 1 aliphatic heterocycles. The number of amides is 1. The first kappa shape index (κ1) is 12.0. The molecule has 86 valence electrons. The molecule has 15 heavy (non-hydrogen) atoms. The van der Waals surface area contributed by atoms with Crippen molar-refractivity contribution in [3.05, 3.63) is 0 Å². The Hall–Kier alpha value is -1.10. The van der Waals surface area contributed by atoms with Crippen LogP contribution in [0.1, 0.15) is 26.2 Å². The highest BCUT2D eigenvalue weighted by molar-refractivity contribution is 5.78. The van der Waals surface area contributed by atoms with Crippen molar-refractivity contribution in [2.45, 2.75) is 32.2 Å². The van der Waals surface area contributed by atoms with Gasteiger partial charge in [-0.15, -0.1) is 0 Å². The summed E-state index contributed by atoms with van der Waals surface area (Å²) in [7, 11) is 0. The van der Waals surface area contributed by atoms with Crippen molar-refractivity contribution in [1.29, 1.82) is 0 Å². The van der Waals surface area contributed by atoms with E-state index in [2.05, 4.69) is 0 Å². The molecule has 0 aromatic heterocycles. The van der Waals surface area contributed by atoms with Crippen molar-refractivity contribution in [2.75, 3.05) is 19.8 Å². The number of morpholine rings is 1. The standard InChI is InChI=1S/C10H17NO4/c1-2-5-11-8(3-4-10(13)14)6-15-7-9(11)12/h8H,2-7H2,1H3,(H,13,14). The summed E-state index contributed by atoms with van der Waals surface area (Å²) in [5, 5.41) is 8.58. The summed E-state index contributed by atoms with van der Waals surface area (Å²) in [6.07, 6.45) is 1.44. The zero-order chi connectivity index (χ0) is 11.3. The van der Waals surface area contributed by atoms with Gasteiger partial charge in [0.15, 0.2) is 0 Å². The molecule has 1 amide bonds. The van der Waals surface area contributed by atoms with Crippen molar-refractivity contribution < 1.29 is 19.4 Å². The molecule has 0 spiro atoms. The molecule has 0 aromatic carbocycles. The lowest BCUT2D eigenvalue weighted by Crippen LogP contribution is -2.49. The Morgan fingerprint density at radius 2 is 2.40 bits per heavy atom. The zero-order valence-electron chi connectivity index (χ0n) is 8.94. The van der Waals surface area contributed by atoms with E-state index in [0.29, 0.717) is 19.6 Å². The number of carbonyl (C=O) groups is 2. The maximum Gasteiger partial charge on any atom is 0.303 e. The predicted molar refractivity (Wildman–Crippen MR) is 53.5 cm³/mol. The molecule has 5 nitrogen and oxygen atoms in total. The summed E-state index contributed by atoms with van der Waals surface area (Å²) in [4.78, 5) is 23.7. The lowest BCUT2D eigenvalue weighted by molar-refractivity contribution is -0.150. The van der Waals surface area contributed by atoms with E-state index in [0.717, 1.165) is 6.42 Å². The number of aliphatic carboxylic acids is 1. The van der Waals surface area contributed by atoms with Gasteiger partial charge in [-0.25, -0.2) is 0 Å². The van der Waals surface area contributed by atoms with Gasteiger partial charge in [0, 0.05) is 13.0 Å². The number of carboxylic acids is 1. The summed E-state index contributed by atoms with van der Waals surface area (Å²) >= 11 is 0. The summed E-state index contributed by atoms with van der Waals surface area (Å²) in [5.74, 6) is -0.858. The number of hydrogen-bond donors (Lipinski definition) is 1. The van der Waals surface area contributed by atoms with Crippen molar-refractivity contribution >= 4 is 11.9 Å². The second-order valence-electron chi connectivity index (χ2n) is 3.69.